The van der Waals surface area contributed by atoms with Gasteiger partial charge in [-0.3, -0.25) is 4.79 Å². The van der Waals surface area contributed by atoms with Crippen LogP contribution < -0.4 is 15.0 Å². The van der Waals surface area contributed by atoms with E-state index in [2.05, 4.69) is 30.2 Å². The predicted molar refractivity (Wildman–Crippen MR) is 162 cm³/mol. The lowest BCUT2D eigenvalue weighted by Crippen LogP contribution is -2.34. The Morgan fingerprint density at radius 2 is 1.83 bits per heavy atom. The minimum atomic E-state index is -3.38. The van der Waals surface area contributed by atoms with Crippen molar-refractivity contribution in [1.29, 1.82) is 0 Å². The summed E-state index contributed by atoms with van der Waals surface area (Å²) in [7, 11) is -3.38. The van der Waals surface area contributed by atoms with Crippen molar-refractivity contribution in [2.45, 2.75) is 56.0 Å². The van der Waals surface area contributed by atoms with E-state index in [0.717, 1.165) is 5.56 Å². The maximum atomic E-state index is 12.9. The molecule has 4 aromatic rings. The van der Waals surface area contributed by atoms with Crippen molar-refractivity contribution in [2.75, 3.05) is 23.8 Å². The molecule has 0 amide bonds. The van der Waals surface area contributed by atoms with E-state index in [-0.39, 0.29) is 36.3 Å². The number of benzene rings is 1. The van der Waals surface area contributed by atoms with Gasteiger partial charge in [0.25, 0.3) is 0 Å². The van der Waals surface area contributed by atoms with E-state index in [1.54, 1.807) is 62.0 Å². The van der Waals surface area contributed by atoms with Gasteiger partial charge in [-0.25, -0.2) is 18.4 Å². The summed E-state index contributed by atoms with van der Waals surface area (Å²) >= 11 is 0. The van der Waals surface area contributed by atoms with Gasteiger partial charge in [0, 0.05) is 31.3 Å². The minimum Gasteiger partial charge on any atom is -0.481 e. The molecule has 46 heavy (non-hydrogen) atoms. The molecule has 5 rings (SSSR count). The number of anilines is 1. The SMILES string of the molecule is CCS(=O)(=O)c1ccc([C@H](CC(=O)O)NCc2ccc(N3C[C@@H](Oc4ccc(-n5nccn5)cn4)C[C@H]3COC(F)F)nc2)cc1. The maximum Gasteiger partial charge on any atom is 0.345 e. The van der Waals surface area contributed by atoms with Crippen LogP contribution in [0.15, 0.2) is 78.2 Å². The highest BCUT2D eigenvalue weighted by atomic mass is 32.2. The molecule has 1 fully saturated rings. The van der Waals surface area contributed by atoms with E-state index in [0.29, 0.717) is 35.9 Å². The molecule has 0 aliphatic carbocycles. The fraction of sp³-hybridized carbons (Fsp3) is 0.367. The fourth-order valence-electron chi connectivity index (χ4n) is 5.15. The van der Waals surface area contributed by atoms with Crippen LogP contribution in [0.2, 0.25) is 0 Å². The summed E-state index contributed by atoms with van der Waals surface area (Å²) in [5.41, 5.74) is 2.05. The van der Waals surface area contributed by atoms with Crippen molar-refractivity contribution in [3.8, 4) is 11.6 Å². The largest absolute Gasteiger partial charge is 0.481 e. The lowest BCUT2D eigenvalue weighted by Gasteiger charge is -2.25. The van der Waals surface area contributed by atoms with Crippen LogP contribution in [-0.4, -0.2) is 82.1 Å². The van der Waals surface area contributed by atoms with E-state index in [4.69, 9.17) is 4.74 Å². The third-order valence-corrected chi connectivity index (χ3v) is 9.26. The Morgan fingerprint density at radius 3 is 2.43 bits per heavy atom. The number of sulfone groups is 1. The molecule has 3 atom stereocenters. The van der Waals surface area contributed by atoms with E-state index in [9.17, 15) is 27.1 Å². The van der Waals surface area contributed by atoms with Gasteiger partial charge in [-0.1, -0.05) is 25.1 Å². The predicted octanol–water partition coefficient (Wildman–Crippen LogP) is 3.42. The van der Waals surface area contributed by atoms with Crippen LogP contribution in [0.4, 0.5) is 14.6 Å². The number of aliphatic carboxylic acids is 1. The Labute approximate surface area is 264 Å². The molecule has 4 heterocycles. The van der Waals surface area contributed by atoms with Crippen LogP contribution in [0, 0.1) is 0 Å². The summed E-state index contributed by atoms with van der Waals surface area (Å²) in [6.07, 6.45) is 6.11. The summed E-state index contributed by atoms with van der Waals surface area (Å²) in [4.78, 5) is 23.9. The molecule has 0 unspecified atom stereocenters. The molecule has 3 aromatic heterocycles. The number of aromatic nitrogens is 5. The molecule has 0 bridgehead atoms. The Morgan fingerprint density at radius 1 is 1.07 bits per heavy atom. The summed E-state index contributed by atoms with van der Waals surface area (Å²) in [6, 6.07) is 12.2. The number of carboxylic acid groups (broad SMARTS) is 1. The van der Waals surface area contributed by atoms with Crippen molar-refractivity contribution >= 4 is 21.6 Å². The van der Waals surface area contributed by atoms with Gasteiger partial charge in [-0.15, -0.1) is 0 Å². The molecular weight excluding hydrogens is 624 g/mol. The van der Waals surface area contributed by atoms with Crippen LogP contribution in [0.5, 0.6) is 5.88 Å². The average molecular weight is 658 g/mol. The normalized spacial score (nSPS) is 17.3. The zero-order valence-electron chi connectivity index (χ0n) is 24.8. The lowest BCUT2D eigenvalue weighted by molar-refractivity contribution is -0.137. The molecule has 0 spiro atoms. The monoisotopic (exact) mass is 657 g/mol. The fourth-order valence-corrected chi connectivity index (χ4v) is 6.03. The average Bonchev–Trinajstić information content (AvgIpc) is 3.73. The Kier molecular flexibility index (Phi) is 10.5. The molecule has 1 saturated heterocycles. The second kappa shape index (κ2) is 14.7. The number of hydrogen-bond acceptors (Lipinski definition) is 11. The Balaban J connectivity index is 1.24. The number of hydrogen-bond donors (Lipinski definition) is 2. The highest BCUT2D eigenvalue weighted by Gasteiger charge is 2.35. The van der Waals surface area contributed by atoms with Gasteiger partial charge in [0.15, 0.2) is 9.84 Å². The van der Waals surface area contributed by atoms with Crippen molar-refractivity contribution in [1.82, 2.24) is 30.3 Å². The van der Waals surface area contributed by atoms with Crippen molar-refractivity contribution in [3.63, 3.8) is 0 Å². The van der Waals surface area contributed by atoms with Crippen LogP contribution in [-0.2, 0) is 25.9 Å². The first kappa shape index (κ1) is 32.8. The third kappa shape index (κ3) is 8.38. The minimum absolute atomic E-state index is 0.0340. The number of rotatable bonds is 15. The van der Waals surface area contributed by atoms with Crippen LogP contribution in [0.25, 0.3) is 5.69 Å². The zero-order chi connectivity index (χ0) is 32.7. The van der Waals surface area contributed by atoms with Gasteiger partial charge in [0.05, 0.1) is 54.9 Å². The van der Waals surface area contributed by atoms with Crippen LogP contribution in [0.3, 0.4) is 0 Å². The van der Waals surface area contributed by atoms with Crippen LogP contribution in [0.1, 0.15) is 36.9 Å². The van der Waals surface area contributed by atoms with Crippen LogP contribution >= 0.6 is 0 Å². The maximum absolute atomic E-state index is 12.9. The number of ether oxygens (including phenoxy) is 2. The highest BCUT2D eigenvalue weighted by Crippen LogP contribution is 2.28. The molecule has 16 heteroatoms. The van der Waals surface area contributed by atoms with E-state index < -0.39 is 34.5 Å². The van der Waals surface area contributed by atoms with Gasteiger partial charge in [0.2, 0.25) is 5.88 Å². The van der Waals surface area contributed by atoms with Crippen molar-refractivity contribution in [3.05, 3.63) is 84.4 Å². The summed E-state index contributed by atoms with van der Waals surface area (Å²) in [5, 5.41) is 20.8. The topological polar surface area (TPSA) is 162 Å². The number of alkyl halides is 2. The van der Waals surface area contributed by atoms with Gasteiger partial charge in [-0.05, 0) is 35.4 Å². The molecule has 0 saturated carbocycles. The van der Waals surface area contributed by atoms with Crippen molar-refractivity contribution in [2.24, 2.45) is 0 Å². The first-order chi connectivity index (χ1) is 22.1. The molecule has 1 aromatic carbocycles. The molecular formula is C30H33F2N7O6S. The molecule has 13 nitrogen and oxygen atoms in total. The molecule has 244 valence electrons. The Bertz CT molecular complexity index is 1680. The first-order valence-electron chi connectivity index (χ1n) is 14.5. The van der Waals surface area contributed by atoms with E-state index in [1.165, 1.54) is 16.9 Å². The number of carboxylic acids is 1. The second-order valence-electron chi connectivity index (χ2n) is 10.6. The number of nitrogens with one attached hydrogen (secondary N) is 1. The lowest BCUT2D eigenvalue weighted by atomic mass is 10.0. The number of carbonyl (C=O) groups is 1. The van der Waals surface area contributed by atoms with Crippen molar-refractivity contribution < 1.29 is 36.6 Å². The van der Waals surface area contributed by atoms with Gasteiger partial charge < -0.3 is 24.8 Å². The quantitative estimate of drug-likeness (QED) is 0.192. The summed E-state index contributed by atoms with van der Waals surface area (Å²) < 4.78 is 60.9. The summed E-state index contributed by atoms with van der Waals surface area (Å²) in [5.74, 6) is -0.141. The molecule has 0 radical (unpaired) electrons. The van der Waals surface area contributed by atoms with E-state index in [1.807, 2.05) is 11.0 Å². The number of nitrogens with zero attached hydrogens (tertiary/aromatic N) is 6. The highest BCUT2D eigenvalue weighted by molar-refractivity contribution is 7.91. The Hall–Kier alpha value is -4.54. The number of halogens is 2. The first-order valence-corrected chi connectivity index (χ1v) is 16.1. The number of pyridine rings is 2. The standard InChI is InChI=1S/C30H33F2N7O6S/c1-2-46(42,43)25-7-4-21(5-8-25)26(14-29(40)41)33-15-20-3-9-27(34-16-20)38-18-24(13-23(38)19-44-30(31)32)45-28-10-6-22(17-35-28)39-36-11-12-37-39/h3-12,16-17,23-24,26,30,33H,2,13-15,18-19H2,1H3,(H,40,41)/t23-,24-,26-/m0/s1. The third-order valence-electron chi connectivity index (χ3n) is 7.50. The molecule has 1 aliphatic heterocycles. The van der Waals surface area contributed by atoms with Gasteiger partial charge >= 0.3 is 12.6 Å². The summed E-state index contributed by atoms with van der Waals surface area (Å²) in [6.45, 7) is -0.950. The second-order valence-corrected chi connectivity index (χ2v) is 12.9. The molecule has 1 aliphatic rings. The molecule has 2 N–H and O–H groups in total. The van der Waals surface area contributed by atoms with Gasteiger partial charge in [0.1, 0.15) is 17.6 Å². The zero-order valence-corrected chi connectivity index (χ0v) is 25.6. The van der Waals surface area contributed by atoms with E-state index >= 15 is 0 Å². The smallest absolute Gasteiger partial charge is 0.345 e. The van der Waals surface area contributed by atoms with Gasteiger partial charge in [-0.2, -0.15) is 23.8 Å².